The second-order valence-electron chi connectivity index (χ2n) is 5.73. The maximum Gasteiger partial charge on any atom is 0.224 e. The van der Waals surface area contributed by atoms with Gasteiger partial charge in [0.1, 0.15) is 5.82 Å². The predicted octanol–water partition coefficient (Wildman–Crippen LogP) is 3.77. The van der Waals surface area contributed by atoms with Gasteiger partial charge in [-0.3, -0.25) is 0 Å². The van der Waals surface area contributed by atoms with E-state index in [1.165, 1.54) is 37.7 Å². The van der Waals surface area contributed by atoms with Gasteiger partial charge < -0.3 is 10.2 Å². The van der Waals surface area contributed by atoms with Gasteiger partial charge >= 0.3 is 0 Å². The van der Waals surface area contributed by atoms with E-state index in [0.717, 1.165) is 31.3 Å². The molecule has 1 N–H and O–H groups in total. The van der Waals surface area contributed by atoms with Crippen molar-refractivity contribution in [3.63, 3.8) is 0 Å². The Kier molecular flexibility index (Phi) is 5.62. The van der Waals surface area contributed by atoms with E-state index >= 15 is 0 Å². The molecule has 1 atom stereocenters. The van der Waals surface area contributed by atoms with Crippen molar-refractivity contribution >= 4 is 11.8 Å². The van der Waals surface area contributed by atoms with Gasteiger partial charge in [0.15, 0.2) is 0 Å². The molecule has 4 heteroatoms. The summed E-state index contributed by atoms with van der Waals surface area (Å²) in [5.41, 5.74) is 1.19. The number of hydrogen-bond donors (Lipinski definition) is 1. The first-order valence-electron chi connectivity index (χ1n) is 8.10. The largest absolute Gasteiger partial charge is 0.354 e. The fraction of sp³-hybridized carbons (Fsp3) is 0.750. The summed E-state index contributed by atoms with van der Waals surface area (Å²) in [6.45, 7) is 8.62. The van der Waals surface area contributed by atoms with Crippen LogP contribution in [0.15, 0.2) is 6.20 Å². The van der Waals surface area contributed by atoms with Crippen LogP contribution in [-0.4, -0.2) is 29.1 Å². The molecule has 1 aromatic heterocycles. The molecule has 0 aromatic carbocycles. The third-order valence-electron chi connectivity index (χ3n) is 4.10. The fourth-order valence-electron chi connectivity index (χ4n) is 2.93. The van der Waals surface area contributed by atoms with Crippen LogP contribution >= 0.6 is 0 Å². The lowest BCUT2D eigenvalue weighted by Crippen LogP contribution is -2.35. The van der Waals surface area contributed by atoms with Gasteiger partial charge in [-0.2, -0.15) is 4.98 Å². The minimum absolute atomic E-state index is 0.630. The summed E-state index contributed by atoms with van der Waals surface area (Å²) in [7, 11) is 0. The quantitative estimate of drug-likeness (QED) is 0.889. The summed E-state index contributed by atoms with van der Waals surface area (Å²) < 4.78 is 0. The molecule has 2 rings (SSSR count). The molecule has 20 heavy (non-hydrogen) atoms. The van der Waals surface area contributed by atoms with E-state index in [1.54, 1.807) is 0 Å². The molecule has 2 heterocycles. The molecule has 1 fully saturated rings. The third kappa shape index (κ3) is 3.62. The Balaban J connectivity index is 2.23. The van der Waals surface area contributed by atoms with Crippen molar-refractivity contribution in [2.75, 3.05) is 23.3 Å². The summed E-state index contributed by atoms with van der Waals surface area (Å²) in [6.07, 6.45) is 9.50. The molecular weight excluding hydrogens is 248 g/mol. The molecular formula is C16H28N4. The molecule has 0 spiro atoms. The number of nitrogens with zero attached hydrogens (tertiary/aromatic N) is 3. The minimum Gasteiger partial charge on any atom is -0.354 e. The summed E-state index contributed by atoms with van der Waals surface area (Å²) in [6, 6.07) is 0.630. The Morgan fingerprint density at radius 3 is 2.90 bits per heavy atom. The maximum atomic E-state index is 4.78. The minimum atomic E-state index is 0.630. The molecule has 1 aromatic rings. The van der Waals surface area contributed by atoms with Crippen LogP contribution in [0.2, 0.25) is 0 Å². The van der Waals surface area contributed by atoms with Crippen LogP contribution in [0.3, 0.4) is 0 Å². The molecule has 0 aliphatic carbocycles. The Morgan fingerprint density at radius 1 is 1.30 bits per heavy atom. The molecule has 112 valence electrons. The molecule has 1 saturated heterocycles. The first-order chi connectivity index (χ1) is 9.76. The lowest BCUT2D eigenvalue weighted by atomic mass is 10.1. The van der Waals surface area contributed by atoms with E-state index in [2.05, 4.69) is 36.0 Å². The summed E-state index contributed by atoms with van der Waals surface area (Å²) in [5, 5.41) is 3.30. The molecule has 1 aliphatic rings. The number of anilines is 2. The van der Waals surface area contributed by atoms with E-state index < -0.39 is 0 Å². The standard InChI is InChI=1S/C16H28N4/c1-4-10-17-16-18-12-13(3)15(19-16)20-11-8-6-7-9-14(20)5-2/h12,14H,4-11H2,1-3H3,(H,17,18,19). The van der Waals surface area contributed by atoms with E-state index in [0.29, 0.717) is 6.04 Å². The zero-order chi connectivity index (χ0) is 14.4. The van der Waals surface area contributed by atoms with Gasteiger partial charge in [0.2, 0.25) is 5.95 Å². The normalized spacial score (nSPS) is 19.8. The van der Waals surface area contributed by atoms with Crippen molar-refractivity contribution in [3.8, 4) is 0 Å². The van der Waals surface area contributed by atoms with Crippen molar-refractivity contribution in [1.82, 2.24) is 9.97 Å². The second kappa shape index (κ2) is 7.46. The number of rotatable bonds is 5. The summed E-state index contributed by atoms with van der Waals surface area (Å²) in [4.78, 5) is 11.7. The zero-order valence-electron chi connectivity index (χ0n) is 13.2. The van der Waals surface area contributed by atoms with Crippen LogP contribution < -0.4 is 10.2 Å². The number of aromatic nitrogens is 2. The van der Waals surface area contributed by atoms with Crippen LogP contribution in [0.1, 0.15) is 57.9 Å². The van der Waals surface area contributed by atoms with Crippen LogP contribution in [0.4, 0.5) is 11.8 Å². The number of nitrogens with one attached hydrogen (secondary N) is 1. The van der Waals surface area contributed by atoms with Gasteiger partial charge in [0, 0.05) is 30.9 Å². The molecule has 0 amide bonds. The smallest absolute Gasteiger partial charge is 0.224 e. The lowest BCUT2D eigenvalue weighted by molar-refractivity contribution is 0.551. The summed E-state index contributed by atoms with van der Waals surface area (Å²) >= 11 is 0. The number of aryl methyl sites for hydroxylation is 1. The van der Waals surface area contributed by atoms with Crippen LogP contribution in [-0.2, 0) is 0 Å². The molecule has 1 aliphatic heterocycles. The third-order valence-corrected chi connectivity index (χ3v) is 4.10. The predicted molar refractivity (Wildman–Crippen MR) is 85.4 cm³/mol. The highest BCUT2D eigenvalue weighted by molar-refractivity contribution is 5.50. The highest BCUT2D eigenvalue weighted by Crippen LogP contribution is 2.27. The number of hydrogen-bond acceptors (Lipinski definition) is 4. The average molecular weight is 276 g/mol. The first kappa shape index (κ1) is 15.1. The van der Waals surface area contributed by atoms with Gasteiger partial charge in [-0.25, -0.2) is 4.98 Å². The van der Waals surface area contributed by atoms with Crippen molar-refractivity contribution in [3.05, 3.63) is 11.8 Å². The van der Waals surface area contributed by atoms with Crippen molar-refractivity contribution in [2.45, 2.75) is 65.3 Å². The van der Waals surface area contributed by atoms with Crippen molar-refractivity contribution < 1.29 is 0 Å². The van der Waals surface area contributed by atoms with E-state index in [-0.39, 0.29) is 0 Å². The van der Waals surface area contributed by atoms with Crippen molar-refractivity contribution in [1.29, 1.82) is 0 Å². The first-order valence-corrected chi connectivity index (χ1v) is 8.10. The lowest BCUT2D eigenvalue weighted by Gasteiger charge is -2.31. The Bertz CT molecular complexity index is 419. The van der Waals surface area contributed by atoms with Gasteiger partial charge in [-0.15, -0.1) is 0 Å². The summed E-state index contributed by atoms with van der Waals surface area (Å²) in [5.74, 6) is 1.90. The average Bonchev–Trinajstić information content (AvgIpc) is 2.71. The molecule has 0 saturated carbocycles. The molecule has 1 unspecified atom stereocenters. The topological polar surface area (TPSA) is 41.1 Å². The van der Waals surface area contributed by atoms with Crippen LogP contribution in [0.25, 0.3) is 0 Å². The van der Waals surface area contributed by atoms with E-state index in [9.17, 15) is 0 Å². The van der Waals surface area contributed by atoms with Gasteiger partial charge in [-0.1, -0.05) is 26.7 Å². The van der Waals surface area contributed by atoms with Gasteiger partial charge in [0.05, 0.1) is 0 Å². The van der Waals surface area contributed by atoms with Crippen molar-refractivity contribution in [2.24, 2.45) is 0 Å². The van der Waals surface area contributed by atoms with Gasteiger partial charge in [0.25, 0.3) is 0 Å². The Hall–Kier alpha value is -1.32. The van der Waals surface area contributed by atoms with E-state index in [1.807, 2.05) is 6.20 Å². The zero-order valence-corrected chi connectivity index (χ0v) is 13.2. The Morgan fingerprint density at radius 2 is 2.15 bits per heavy atom. The monoisotopic (exact) mass is 276 g/mol. The highest BCUT2D eigenvalue weighted by atomic mass is 15.2. The molecule has 4 nitrogen and oxygen atoms in total. The van der Waals surface area contributed by atoms with Crippen LogP contribution in [0, 0.1) is 6.92 Å². The highest BCUT2D eigenvalue weighted by Gasteiger charge is 2.22. The molecule has 0 radical (unpaired) electrons. The maximum absolute atomic E-state index is 4.78. The SMILES string of the molecule is CCCNc1ncc(C)c(N2CCCCCC2CC)n1. The fourth-order valence-corrected chi connectivity index (χ4v) is 2.93. The molecule has 0 bridgehead atoms. The second-order valence-corrected chi connectivity index (χ2v) is 5.73. The van der Waals surface area contributed by atoms with Crippen LogP contribution in [0.5, 0.6) is 0 Å². The van der Waals surface area contributed by atoms with Gasteiger partial charge in [-0.05, 0) is 32.6 Å². The van der Waals surface area contributed by atoms with E-state index in [4.69, 9.17) is 4.98 Å². The Labute approximate surface area is 123 Å².